The largest absolute Gasteiger partial charge is 0.480 e. The van der Waals surface area contributed by atoms with E-state index in [2.05, 4.69) is 72.8 Å². The van der Waals surface area contributed by atoms with Crippen molar-refractivity contribution in [3.8, 4) is 5.88 Å². The molecule has 0 aliphatic rings. The molecule has 0 aliphatic carbocycles. The van der Waals surface area contributed by atoms with Crippen LogP contribution in [0.2, 0.25) is 0 Å². The second-order valence-electron chi connectivity index (χ2n) is 9.98. The molecule has 7 nitrogen and oxygen atoms in total. The molecule has 0 saturated carbocycles. The van der Waals surface area contributed by atoms with E-state index in [1.807, 2.05) is 54.7 Å². The van der Waals surface area contributed by atoms with Gasteiger partial charge in [-0.15, -0.1) is 10.2 Å². The minimum absolute atomic E-state index is 0.0385. The van der Waals surface area contributed by atoms with E-state index in [4.69, 9.17) is 4.74 Å². The first kappa shape index (κ1) is 26.9. The molecule has 31 heavy (non-hydrogen) atoms. The molecule has 0 atom stereocenters. The molecule has 0 unspecified atom stereocenters. The zero-order valence-corrected chi connectivity index (χ0v) is 21.9. The molecule has 3 rings (SSSR count). The van der Waals surface area contributed by atoms with Crippen molar-refractivity contribution in [2.75, 3.05) is 7.11 Å². The topological polar surface area (TPSA) is 62.7 Å². The minimum atomic E-state index is -0.421. The van der Waals surface area contributed by atoms with Crippen molar-refractivity contribution in [1.82, 2.24) is 29.3 Å². The second kappa shape index (κ2) is 10.4. The Hall–Kier alpha value is -2.16. The number of methoxy groups -OCH3 is 1. The summed E-state index contributed by atoms with van der Waals surface area (Å²) in [6.07, 6.45) is 5.51. The van der Waals surface area contributed by atoms with Crippen LogP contribution in [0.1, 0.15) is 62.3 Å². The second-order valence-corrected chi connectivity index (χ2v) is 10.8. The maximum absolute atomic E-state index is 12.3. The predicted octanol–water partition coefficient (Wildman–Crippen LogP) is 5.82. The van der Waals surface area contributed by atoms with Crippen LogP contribution < -0.4 is 4.74 Å². The van der Waals surface area contributed by atoms with Crippen molar-refractivity contribution < 1.29 is 9.13 Å². The summed E-state index contributed by atoms with van der Waals surface area (Å²) in [5.74, 6) is 0.245. The molecule has 0 fully saturated rings. The maximum atomic E-state index is 12.3. The Morgan fingerprint density at radius 3 is 1.35 bits per heavy atom. The summed E-state index contributed by atoms with van der Waals surface area (Å²) in [6, 6.07) is 5.14. The smallest absolute Gasteiger partial charge is 0.232 e. The van der Waals surface area contributed by atoms with Crippen LogP contribution in [0, 0.1) is 5.95 Å². The maximum Gasteiger partial charge on any atom is 0.232 e. The van der Waals surface area contributed by atoms with Crippen LogP contribution in [0.3, 0.4) is 0 Å². The quantitative estimate of drug-likeness (QED) is 0.423. The molecular weight excluding hydrogens is 463 g/mol. The van der Waals surface area contributed by atoms with Crippen LogP contribution >= 0.6 is 15.9 Å². The third-order valence-electron chi connectivity index (χ3n) is 3.95. The first-order chi connectivity index (χ1) is 14.0. The van der Waals surface area contributed by atoms with E-state index in [1.54, 1.807) is 18.0 Å². The van der Waals surface area contributed by atoms with Gasteiger partial charge in [0.05, 0.1) is 23.7 Å². The van der Waals surface area contributed by atoms with E-state index in [1.165, 1.54) is 6.07 Å². The SMILES string of the molecule is CC(C)(C)n1ccc(Br)n1.CC(C)(C)n1ccc(F)n1.COc1ccn(C(C)(C)C)n1. The van der Waals surface area contributed by atoms with E-state index in [-0.39, 0.29) is 16.6 Å². The number of nitrogens with zero attached hydrogens (tertiary/aromatic N) is 6. The van der Waals surface area contributed by atoms with Gasteiger partial charge in [0.2, 0.25) is 11.8 Å². The number of hydrogen-bond acceptors (Lipinski definition) is 4. The average molecular weight is 499 g/mol. The fourth-order valence-electron chi connectivity index (χ4n) is 2.14. The summed E-state index contributed by atoms with van der Waals surface area (Å²) >= 11 is 3.29. The van der Waals surface area contributed by atoms with E-state index in [0.29, 0.717) is 5.88 Å². The van der Waals surface area contributed by atoms with Gasteiger partial charge in [0.15, 0.2) is 0 Å². The summed E-state index contributed by atoms with van der Waals surface area (Å²) in [4.78, 5) is 0. The van der Waals surface area contributed by atoms with Gasteiger partial charge in [-0.25, -0.2) is 0 Å². The Kier molecular flexibility index (Phi) is 9.05. The predicted molar refractivity (Wildman–Crippen MR) is 126 cm³/mol. The first-order valence-corrected chi connectivity index (χ1v) is 10.9. The van der Waals surface area contributed by atoms with Crippen molar-refractivity contribution >= 4 is 15.9 Å². The van der Waals surface area contributed by atoms with Gasteiger partial charge in [0.1, 0.15) is 4.60 Å². The fraction of sp³-hybridized carbons (Fsp3) is 0.591. The monoisotopic (exact) mass is 498 g/mol. The van der Waals surface area contributed by atoms with Gasteiger partial charge in [0, 0.05) is 30.7 Å². The lowest BCUT2D eigenvalue weighted by Gasteiger charge is -2.18. The molecule has 0 saturated heterocycles. The number of halogens is 2. The van der Waals surface area contributed by atoms with Gasteiger partial charge < -0.3 is 4.74 Å². The molecule has 0 aliphatic heterocycles. The molecule has 3 heterocycles. The van der Waals surface area contributed by atoms with Crippen LogP contribution in [0.15, 0.2) is 41.4 Å². The van der Waals surface area contributed by atoms with Crippen molar-refractivity contribution in [2.45, 2.75) is 78.9 Å². The summed E-state index contributed by atoms with van der Waals surface area (Å²) in [5.41, 5.74) is 0.00708. The van der Waals surface area contributed by atoms with E-state index in [9.17, 15) is 4.39 Å². The first-order valence-electron chi connectivity index (χ1n) is 10.1. The van der Waals surface area contributed by atoms with Gasteiger partial charge in [-0.1, -0.05) is 0 Å². The van der Waals surface area contributed by atoms with Gasteiger partial charge in [-0.3, -0.25) is 14.0 Å². The Labute approximate surface area is 193 Å². The fourth-order valence-corrected chi connectivity index (χ4v) is 2.43. The van der Waals surface area contributed by atoms with E-state index >= 15 is 0 Å². The molecule has 0 radical (unpaired) electrons. The van der Waals surface area contributed by atoms with Crippen molar-refractivity contribution in [3.05, 3.63) is 47.3 Å². The van der Waals surface area contributed by atoms with E-state index in [0.717, 1.165) is 4.60 Å². The van der Waals surface area contributed by atoms with Crippen LogP contribution in [0.25, 0.3) is 0 Å². The summed E-state index contributed by atoms with van der Waals surface area (Å²) < 4.78 is 23.6. The van der Waals surface area contributed by atoms with Crippen LogP contribution in [-0.4, -0.2) is 36.5 Å². The number of aromatic nitrogens is 6. The van der Waals surface area contributed by atoms with Crippen LogP contribution in [-0.2, 0) is 16.6 Å². The van der Waals surface area contributed by atoms with Gasteiger partial charge >= 0.3 is 0 Å². The standard InChI is InChI=1S/C8H14N2O.C7H11BrN2.C7H11FN2/c1-8(2,3)10-6-5-7(9-10)11-4;2*1-7(2,3)10-5-4-6(8)9-10/h5-6H,1-4H3;2*4-5H,1-3H3. The molecule has 0 bridgehead atoms. The number of rotatable bonds is 1. The summed E-state index contributed by atoms with van der Waals surface area (Å²) in [5, 5.41) is 12.0. The summed E-state index contributed by atoms with van der Waals surface area (Å²) in [6.45, 7) is 18.6. The van der Waals surface area contributed by atoms with Gasteiger partial charge in [-0.05, 0) is 84.3 Å². The third-order valence-corrected chi connectivity index (χ3v) is 4.37. The molecule has 0 amide bonds. The zero-order valence-electron chi connectivity index (χ0n) is 20.3. The highest BCUT2D eigenvalue weighted by atomic mass is 79.9. The van der Waals surface area contributed by atoms with Crippen molar-refractivity contribution in [3.63, 3.8) is 0 Å². The third kappa shape index (κ3) is 9.25. The Morgan fingerprint density at radius 2 is 1.13 bits per heavy atom. The van der Waals surface area contributed by atoms with Crippen LogP contribution in [0.5, 0.6) is 5.88 Å². The normalized spacial score (nSPS) is 11.9. The average Bonchev–Trinajstić information content (AvgIpc) is 3.33. The molecule has 0 N–H and O–H groups in total. The lowest BCUT2D eigenvalue weighted by Crippen LogP contribution is -2.22. The molecular formula is C22H36BrFN6O. The van der Waals surface area contributed by atoms with Gasteiger partial charge in [0.25, 0.3) is 0 Å². The van der Waals surface area contributed by atoms with Crippen molar-refractivity contribution in [2.24, 2.45) is 0 Å². The lowest BCUT2D eigenvalue weighted by molar-refractivity contribution is 0.329. The highest BCUT2D eigenvalue weighted by Gasteiger charge is 2.14. The molecule has 3 aromatic heterocycles. The number of hydrogen-bond donors (Lipinski definition) is 0. The molecule has 3 aromatic rings. The van der Waals surface area contributed by atoms with E-state index < -0.39 is 5.95 Å². The van der Waals surface area contributed by atoms with Crippen LogP contribution in [0.4, 0.5) is 4.39 Å². The van der Waals surface area contributed by atoms with Crippen molar-refractivity contribution in [1.29, 1.82) is 0 Å². The summed E-state index contributed by atoms with van der Waals surface area (Å²) in [7, 11) is 1.62. The molecule has 174 valence electrons. The zero-order chi connectivity index (χ0) is 24.0. The highest BCUT2D eigenvalue weighted by molar-refractivity contribution is 9.10. The Bertz CT molecular complexity index is 875. The Morgan fingerprint density at radius 1 is 0.710 bits per heavy atom. The lowest BCUT2D eigenvalue weighted by atomic mass is 10.1. The highest BCUT2D eigenvalue weighted by Crippen LogP contribution is 2.16. The minimum Gasteiger partial charge on any atom is -0.480 e. The molecule has 0 aromatic carbocycles. The Balaban J connectivity index is 0.000000233. The molecule has 0 spiro atoms. The molecule has 9 heteroatoms. The van der Waals surface area contributed by atoms with Gasteiger partial charge in [-0.2, -0.15) is 9.49 Å². The number of ether oxygens (including phenoxy) is 1.